The summed E-state index contributed by atoms with van der Waals surface area (Å²) in [6.45, 7) is 1.58. The maximum Gasteiger partial charge on any atom is 0.178 e. The van der Waals surface area contributed by atoms with Gasteiger partial charge in [0.2, 0.25) is 0 Å². The molecule has 13 heavy (non-hydrogen) atoms. The van der Waals surface area contributed by atoms with Gasteiger partial charge in [0.15, 0.2) is 17.4 Å². The summed E-state index contributed by atoms with van der Waals surface area (Å²) in [5.41, 5.74) is -0.246. The zero-order chi connectivity index (χ0) is 10.0. The first-order chi connectivity index (χ1) is 6.07. The molecule has 0 aliphatic rings. The smallest absolute Gasteiger partial charge is 0.178 e. The van der Waals surface area contributed by atoms with E-state index in [4.69, 9.17) is 11.6 Å². The standard InChI is InChI=1S/C9H7ClF2O/c1-2-7(13)5-3-4-6(10)9(12)8(5)11/h3-4H,2H2,1H3. The Kier molecular flexibility index (Phi) is 2.98. The van der Waals surface area contributed by atoms with Gasteiger partial charge in [0.05, 0.1) is 10.6 Å². The number of hydrogen-bond donors (Lipinski definition) is 0. The SMILES string of the molecule is CCC(=O)c1ccc(Cl)c(F)c1F. The predicted molar refractivity (Wildman–Crippen MR) is 46.0 cm³/mol. The highest BCUT2D eigenvalue weighted by molar-refractivity contribution is 6.30. The Balaban J connectivity index is 3.26. The van der Waals surface area contributed by atoms with E-state index in [9.17, 15) is 13.6 Å². The first kappa shape index (κ1) is 10.1. The fourth-order valence-electron chi connectivity index (χ4n) is 0.932. The van der Waals surface area contributed by atoms with Crippen LogP contribution in [0.25, 0.3) is 0 Å². The van der Waals surface area contributed by atoms with Crippen LogP contribution >= 0.6 is 11.6 Å². The summed E-state index contributed by atoms with van der Waals surface area (Å²) in [5.74, 6) is -2.77. The van der Waals surface area contributed by atoms with E-state index in [-0.39, 0.29) is 17.0 Å². The van der Waals surface area contributed by atoms with Crippen LogP contribution in [-0.2, 0) is 0 Å². The fraction of sp³-hybridized carbons (Fsp3) is 0.222. The van der Waals surface area contributed by atoms with Crippen molar-refractivity contribution < 1.29 is 13.6 Å². The van der Waals surface area contributed by atoms with Crippen molar-refractivity contribution in [2.24, 2.45) is 0 Å². The van der Waals surface area contributed by atoms with Crippen LogP contribution in [0.1, 0.15) is 23.7 Å². The fourth-order valence-corrected chi connectivity index (χ4v) is 1.08. The van der Waals surface area contributed by atoms with Crippen LogP contribution < -0.4 is 0 Å². The molecule has 0 saturated carbocycles. The van der Waals surface area contributed by atoms with E-state index in [0.29, 0.717) is 0 Å². The predicted octanol–water partition coefficient (Wildman–Crippen LogP) is 3.21. The molecule has 0 aliphatic heterocycles. The summed E-state index contributed by atoms with van der Waals surface area (Å²) in [5, 5.41) is -0.315. The van der Waals surface area contributed by atoms with Crippen molar-refractivity contribution in [2.45, 2.75) is 13.3 Å². The van der Waals surface area contributed by atoms with E-state index in [2.05, 4.69) is 0 Å². The van der Waals surface area contributed by atoms with Gasteiger partial charge in [-0.15, -0.1) is 0 Å². The van der Waals surface area contributed by atoms with Gasteiger partial charge in [-0.25, -0.2) is 8.78 Å². The molecule has 0 radical (unpaired) electrons. The summed E-state index contributed by atoms with van der Waals surface area (Å²) < 4.78 is 25.8. The van der Waals surface area contributed by atoms with Crippen LogP contribution in [0.2, 0.25) is 5.02 Å². The highest BCUT2D eigenvalue weighted by Crippen LogP contribution is 2.21. The largest absolute Gasteiger partial charge is 0.294 e. The van der Waals surface area contributed by atoms with E-state index in [1.54, 1.807) is 6.92 Å². The minimum absolute atomic E-state index is 0.137. The molecule has 0 atom stereocenters. The van der Waals surface area contributed by atoms with E-state index in [1.807, 2.05) is 0 Å². The third-order valence-electron chi connectivity index (χ3n) is 1.66. The molecule has 0 heterocycles. The van der Waals surface area contributed by atoms with Gasteiger partial charge in [-0.2, -0.15) is 0 Å². The van der Waals surface area contributed by atoms with Gasteiger partial charge >= 0.3 is 0 Å². The molecule has 0 fully saturated rings. The number of carbonyl (C=O) groups excluding carboxylic acids is 1. The molecule has 0 unspecified atom stereocenters. The second-order valence-corrected chi connectivity index (χ2v) is 2.91. The van der Waals surface area contributed by atoms with E-state index < -0.39 is 17.4 Å². The van der Waals surface area contributed by atoms with Gasteiger partial charge in [-0.05, 0) is 12.1 Å². The van der Waals surface area contributed by atoms with E-state index >= 15 is 0 Å². The van der Waals surface area contributed by atoms with Gasteiger partial charge in [-0.1, -0.05) is 18.5 Å². The first-order valence-electron chi connectivity index (χ1n) is 3.74. The van der Waals surface area contributed by atoms with E-state index in [0.717, 1.165) is 0 Å². The molecule has 0 amide bonds. The molecule has 1 nitrogen and oxygen atoms in total. The van der Waals surface area contributed by atoms with Crippen molar-refractivity contribution in [3.63, 3.8) is 0 Å². The normalized spacial score (nSPS) is 10.2. The van der Waals surface area contributed by atoms with Crippen molar-refractivity contribution in [3.05, 3.63) is 34.4 Å². The summed E-state index contributed by atoms with van der Waals surface area (Å²) in [6.07, 6.45) is 0.137. The van der Waals surface area contributed by atoms with Gasteiger partial charge in [-0.3, -0.25) is 4.79 Å². The van der Waals surface area contributed by atoms with Crippen LogP contribution in [0.15, 0.2) is 12.1 Å². The summed E-state index contributed by atoms with van der Waals surface area (Å²) >= 11 is 5.31. The van der Waals surface area contributed by atoms with Gasteiger partial charge in [0, 0.05) is 6.42 Å². The van der Waals surface area contributed by atoms with Crippen LogP contribution in [0.5, 0.6) is 0 Å². The maximum atomic E-state index is 13.0. The number of rotatable bonds is 2. The minimum atomic E-state index is -1.17. The topological polar surface area (TPSA) is 17.1 Å². The van der Waals surface area contributed by atoms with Crippen LogP contribution in [0, 0.1) is 11.6 Å². The Bertz CT molecular complexity index is 350. The molecule has 0 aliphatic carbocycles. The van der Waals surface area contributed by atoms with Crippen molar-refractivity contribution in [2.75, 3.05) is 0 Å². The third kappa shape index (κ3) is 1.86. The van der Waals surface area contributed by atoms with Gasteiger partial charge in [0.1, 0.15) is 0 Å². The molecular formula is C9H7ClF2O. The Labute approximate surface area is 79.3 Å². The molecule has 0 bridgehead atoms. The number of Topliss-reactive ketones (excluding diaryl/α,β-unsaturated/α-hetero) is 1. The quantitative estimate of drug-likeness (QED) is 0.534. The summed E-state index contributed by atoms with van der Waals surface area (Å²) in [4.78, 5) is 11.0. The highest BCUT2D eigenvalue weighted by atomic mass is 35.5. The van der Waals surface area contributed by atoms with Crippen molar-refractivity contribution in [1.29, 1.82) is 0 Å². The Hall–Kier alpha value is -0.960. The lowest BCUT2D eigenvalue weighted by molar-refractivity contribution is 0.0983. The second kappa shape index (κ2) is 3.83. The zero-order valence-corrected chi connectivity index (χ0v) is 7.66. The van der Waals surface area contributed by atoms with Gasteiger partial charge < -0.3 is 0 Å². The first-order valence-corrected chi connectivity index (χ1v) is 4.12. The summed E-state index contributed by atoms with van der Waals surface area (Å²) in [6, 6.07) is 2.36. The molecular weight excluding hydrogens is 198 g/mol. The summed E-state index contributed by atoms with van der Waals surface area (Å²) in [7, 11) is 0. The number of ketones is 1. The lowest BCUT2D eigenvalue weighted by atomic mass is 10.1. The number of benzene rings is 1. The monoisotopic (exact) mass is 204 g/mol. The van der Waals surface area contributed by atoms with Crippen LogP contribution in [0.4, 0.5) is 8.78 Å². The lowest BCUT2D eigenvalue weighted by Crippen LogP contribution is -2.02. The molecule has 1 aromatic carbocycles. The van der Waals surface area contributed by atoms with Crippen LogP contribution in [-0.4, -0.2) is 5.78 Å². The Morgan fingerprint density at radius 3 is 2.54 bits per heavy atom. The number of halogens is 3. The van der Waals surface area contributed by atoms with Crippen LogP contribution in [0.3, 0.4) is 0 Å². The molecule has 70 valence electrons. The zero-order valence-electron chi connectivity index (χ0n) is 6.90. The molecule has 4 heteroatoms. The average molecular weight is 205 g/mol. The molecule has 0 N–H and O–H groups in total. The Morgan fingerprint density at radius 1 is 1.38 bits per heavy atom. The number of carbonyl (C=O) groups is 1. The molecule has 1 aromatic rings. The molecule has 0 saturated heterocycles. The molecule has 0 spiro atoms. The lowest BCUT2D eigenvalue weighted by Gasteiger charge is -2.01. The van der Waals surface area contributed by atoms with Gasteiger partial charge in [0.25, 0.3) is 0 Å². The highest BCUT2D eigenvalue weighted by Gasteiger charge is 2.15. The van der Waals surface area contributed by atoms with Crippen molar-refractivity contribution >= 4 is 17.4 Å². The average Bonchev–Trinajstić information content (AvgIpc) is 2.13. The maximum absolute atomic E-state index is 13.0. The molecule has 1 rings (SSSR count). The van der Waals surface area contributed by atoms with Crippen molar-refractivity contribution in [1.82, 2.24) is 0 Å². The number of hydrogen-bond acceptors (Lipinski definition) is 1. The molecule has 0 aromatic heterocycles. The third-order valence-corrected chi connectivity index (χ3v) is 1.95. The second-order valence-electron chi connectivity index (χ2n) is 2.50. The van der Waals surface area contributed by atoms with Crippen molar-refractivity contribution in [3.8, 4) is 0 Å². The minimum Gasteiger partial charge on any atom is -0.294 e. The Morgan fingerprint density at radius 2 is 2.00 bits per heavy atom. The van der Waals surface area contributed by atoms with E-state index in [1.165, 1.54) is 12.1 Å².